The van der Waals surface area contributed by atoms with Crippen LogP contribution in [0.15, 0.2) is 46.9 Å². The molecular weight excluding hydrogens is 817 g/mol. The highest BCUT2D eigenvalue weighted by Gasteiger charge is 2.42. The molecule has 3 aromatic heterocycles. The van der Waals surface area contributed by atoms with Crippen molar-refractivity contribution in [3.05, 3.63) is 70.7 Å². The number of carbonyl (C=O) groups excluding carboxylic acids is 4. The van der Waals surface area contributed by atoms with Gasteiger partial charge in [0.15, 0.2) is 22.8 Å². The average Bonchev–Trinajstić information content (AvgIpc) is 4.02. The molecule has 1 saturated heterocycles. The summed E-state index contributed by atoms with van der Waals surface area (Å²) in [6, 6.07) is 10.7. The summed E-state index contributed by atoms with van der Waals surface area (Å²) in [7, 11) is 6.20. The van der Waals surface area contributed by atoms with E-state index in [0.717, 1.165) is 0 Å². The molecule has 1 fully saturated rings. The number of H-pyrrole nitrogens is 2. The van der Waals surface area contributed by atoms with Gasteiger partial charge >= 0.3 is 12.3 Å². The molecule has 6 aromatic rings. The van der Waals surface area contributed by atoms with Crippen LogP contribution in [0.5, 0.6) is 23.0 Å². The molecule has 0 aliphatic carbocycles. The summed E-state index contributed by atoms with van der Waals surface area (Å²) in [5.41, 5.74) is -2.03. The Kier molecular flexibility index (Phi) is 10.2. The van der Waals surface area contributed by atoms with Crippen molar-refractivity contribution in [3.8, 4) is 23.0 Å². The Hall–Kier alpha value is -6.60. The number of carboxylic acid groups (broad SMARTS) is 1. The van der Waals surface area contributed by atoms with Gasteiger partial charge in [0.1, 0.15) is 11.4 Å². The van der Waals surface area contributed by atoms with E-state index in [1.807, 2.05) is 11.9 Å². The maximum atomic E-state index is 14.4. The Bertz CT molecular complexity index is 2740. The zero-order valence-corrected chi connectivity index (χ0v) is 33.1. The van der Waals surface area contributed by atoms with Gasteiger partial charge in [-0.3, -0.25) is 9.59 Å². The molecule has 16 nitrogen and oxygen atoms in total. The third-order valence-corrected chi connectivity index (χ3v) is 11.1. The standard InChI is InChI=1S/C40H36ClF3N6O10/c1-48-7-9-49(10-8-48)39(55)60-25-15-24-28(29-30(38(53)54)35(40(42,43)44)47-31(25)29)20(16-41)17-50(24)37(52)23-12-18-11-21(5-6-22(18)46-23)45-36(51)27-14-19-13-26(56-2)33(57-3)34(58-4)32(19)59-27/h5-6,11-15,20,46-47H,7-10,16-17H2,1-4H3,(H,45,51)(H,53,54)/p-1/t20-/m1/s1. The topological polar surface area (TPSA) is 195 Å². The molecule has 0 saturated carbocycles. The molecule has 0 bridgehead atoms. The second-order valence-electron chi connectivity index (χ2n) is 14.3. The number of hydrogen-bond acceptors (Lipinski definition) is 11. The van der Waals surface area contributed by atoms with Gasteiger partial charge in [0.25, 0.3) is 11.8 Å². The van der Waals surface area contributed by atoms with Crippen LogP contribution in [0.1, 0.15) is 48.6 Å². The third-order valence-electron chi connectivity index (χ3n) is 10.7. The number of carboxylic acids is 1. The zero-order valence-electron chi connectivity index (χ0n) is 32.3. The van der Waals surface area contributed by atoms with E-state index in [2.05, 4.69) is 15.3 Å². The van der Waals surface area contributed by atoms with Crippen molar-refractivity contribution in [1.82, 2.24) is 19.8 Å². The van der Waals surface area contributed by atoms with Crippen molar-refractivity contribution in [2.24, 2.45) is 0 Å². The predicted octanol–water partition coefficient (Wildman–Crippen LogP) is 5.78. The third kappa shape index (κ3) is 6.82. The van der Waals surface area contributed by atoms with Gasteiger partial charge in [0, 0.05) is 83.5 Å². The highest BCUT2D eigenvalue weighted by molar-refractivity contribution is 6.20. The molecule has 314 valence electrons. The zero-order chi connectivity index (χ0) is 42.8. The lowest BCUT2D eigenvalue weighted by Crippen LogP contribution is -2.48. The summed E-state index contributed by atoms with van der Waals surface area (Å²) in [6.45, 7) is 1.43. The Morgan fingerprint density at radius 3 is 2.32 bits per heavy atom. The number of piperazine rings is 1. The second kappa shape index (κ2) is 15.2. The number of aromatic carboxylic acids is 1. The van der Waals surface area contributed by atoms with Crippen molar-refractivity contribution in [2.75, 3.05) is 77.2 Å². The average molecular weight is 852 g/mol. The first-order chi connectivity index (χ1) is 28.6. The number of anilines is 2. The monoisotopic (exact) mass is 851 g/mol. The van der Waals surface area contributed by atoms with E-state index in [-0.39, 0.29) is 65.3 Å². The Morgan fingerprint density at radius 2 is 1.67 bits per heavy atom. The molecule has 3 amide bonds. The summed E-state index contributed by atoms with van der Waals surface area (Å²) >= 11 is 6.35. The predicted molar refractivity (Wildman–Crippen MR) is 210 cm³/mol. The summed E-state index contributed by atoms with van der Waals surface area (Å²) in [4.78, 5) is 63.3. The SMILES string of the molecule is COc1cc2cc(C(=O)Nc3ccc4[nH]c(C(=O)N5C[C@@H](CCl)c6c5cc(OC(=O)N5CCN(C)CC5)c5[nH]c(C(F)(F)F)c(C(=O)[O-])c65)cc4c3)oc2c(OC)c1OC. The number of halogens is 4. The van der Waals surface area contributed by atoms with Gasteiger partial charge in [-0.05, 0) is 49.0 Å². The van der Waals surface area contributed by atoms with Crippen molar-refractivity contribution in [2.45, 2.75) is 12.1 Å². The lowest BCUT2D eigenvalue weighted by Gasteiger charge is -2.31. The van der Waals surface area contributed by atoms with Crippen LogP contribution in [0, 0.1) is 0 Å². The fraction of sp³-hybridized carbons (Fsp3) is 0.300. The summed E-state index contributed by atoms with van der Waals surface area (Å²) in [5.74, 6) is -3.99. The first-order valence-corrected chi connectivity index (χ1v) is 18.9. The Labute approximate surface area is 342 Å². The van der Waals surface area contributed by atoms with Crippen molar-refractivity contribution >= 4 is 79.6 Å². The molecule has 1 atom stereocenters. The number of aromatic amines is 2. The fourth-order valence-corrected chi connectivity index (χ4v) is 8.04. The van der Waals surface area contributed by atoms with Crippen LogP contribution in [0.25, 0.3) is 32.8 Å². The number of benzene rings is 3. The minimum atomic E-state index is -5.17. The van der Waals surface area contributed by atoms with Gasteiger partial charge in [-0.1, -0.05) is 0 Å². The molecule has 3 N–H and O–H groups in total. The number of furan rings is 1. The maximum absolute atomic E-state index is 14.4. The number of ether oxygens (including phenoxy) is 4. The molecular formula is C40H35ClF3N6O10-. The van der Waals surface area contributed by atoms with Crippen LogP contribution in [-0.4, -0.2) is 111 Å². The molecule has 3 aromatic carbocycles. The minimum absolute atomic E-state index is 0.00105. The molecule has 0 spiro atoms. The van der Waals surface area contributed by atoms with E-state index in [1.54, 1.807) is 24.3 Å². The van der Waals surface area contributed by atoms with Crippen LogP contribution < -0.4 is 34.3 Å². The summed E-state index contributed by atoms with van der Waals surface area (Å²) in [6.07, 6.45) is -6.04. The molecule has 2 aliphatic heterocycles. The van der Waals surface area contributed by atoms with Crippen LogP contribution in [-0.2, 0) is 6.18 Å². The number of carbonyl (C=O) groups is 4. The van der Waals surface area contributed by atoms with E-state index < -0.39 is 63.9 Å². The second-order valence-corrected chi connectivity index (χ2v) is 14.6. The van der Waals surface area contributed by atoms with E-state index in [9.17, 15) is 37.5 Å². The largest absolute Gasteiger partial charge is 0.545 e. The van der Waals surface area contributed by atoms with Crippen molar-refractivity contribution in [3.63, 3.8) is 0 Å². The fourth-order valence-electron chi connectivity index (χ4n) is 7.78. The normalized spacial score (nSPS) is 15.8. The van der Waals surface area contributed by atoms with Gasteiger partial charge in [0.05, 0.1) is 38.5 Å². The number of hydrogen-bond donors (Lipinski definition) is 3. The summed E-state index contributed by atoms with van der Waals surface area (Å²) in [5, 5.41) is 15.8. The van der Waals surface area contributed by atoms with Gasteiger partial charge in [0.2, 0.25) is 11.5 Å². The number of likely N-dealkylation sites (N-methyl/N-ethyl adjacent to an activating group) is 1. The smallest absolute Gasteiger partial charge is 0.431 e. The van der Waals surface area contributed by atoms with E-state index in [4.69, 9.17) is 35.0 Å². The van der Waals surface area contributed by atoms with E-state index in [0.29, 0.717) is 40.8 Å². The molecule has 0 unspecified atom stereocenters. The van der Waals surface area contributed by atoms with Gasteiger partial charge in [-0.15, -0.1) is 11.6 Å². The Balaban J connectivity index is 1.14. The van der Waals surface area contributed by atoms with Crippen LogP contribution in [0.4, 0.5) is 29.3 Å². The minimum Gasteiger partial charge on any atom is -0.545 e. The number of aromatic nitrogens is 2. The highest BCUT2D eigenvalue weighted by atomic mass is 35.5. The number of alkyl halides is 4. The molecule has 20 heteroatoms. The number of nitrogens with zero attached hydrogens (tertiary/aromatic N) is 3. The molecule has 0 radical (unpaired) electrons. The Morgan fingerprint density at radius 1 is 0.933 bits per heavy atom. The number of rotatable bonds is 9. The van der Waals surface area contributed by atoms with E-state index in [1.165, 1.54) is 49.3 Å². The highest BCUT2D eigenvalue weighted by Crippen LogP contribution is 2.50. The molecule has 60 heavy (non-hydrogen) atoms. The van der Waals surface area contributed by atoms with Crippen molar-refractivity contribution in [1.29, 1.82) is 0 Å². The molecule has 5 heterocycles. The quantitative estimate of drug-likeness (QED) is 0.149. The summed E-state index contributed by atoms with van der Waals surface area (Å²) < 4.78 is 70.9. The number of methoxy groups -OCH3 is 3. The first kappa shape index (κ1) is 40.2. The lowest BCUT2D eigenvalue weighted by molar-refractivity contribution is -0.255. The van der Waals surface area contributed by atoms with Gasteiger partial charge in [-0.25, -0.2) is 4.79 Å². The number of amides is 3. The number of nitrogens with one attached hydrogen (secondary N) is 3. The number of fused-ring (bicyclic) bond motifs is 5. The van der Waals surface area contributed by atoms with Crippen molar-refractivity contribution < 1.29 is 60.8 Å². The maximum Gasteiger partial charge on any atom is 0.431 e. The first-order valence-electron chi connectivity index (χ1n) is 18.4. The van der Waals surface area contributed by atoms with Crippen LogP contribution >= 0.6 is 11.6 Å². The van der Waals surface area contributed by atoms with Gasteiger partial charge < -0.3 is 63.3 Å². The van der Waals surface area contributed by atoms with E-state index >= 15 is 0 Å². The molecule has 2 aliphatic rings. The van der Waals surface area contributed by atoms with Gasteiger partial charge in [-0.2, -0.15) is 13.2 Å². The lowest BCUT2D eigenvalue weighted by atomic mass is 9.95. The van der Waals surface area contributed by atoms with Crippen LogP contribution in [0.2, 0.25) is 0 Å². The van der Waals surface area contributed by atoms with Crippen LogP contribution in [0.3, 0.4) is 0 Å². The molecule has 8 rings (SSSR count).